The molecule has 1 unspecified atom stereocenters. The zero-order valence-corrected chi connectivity index (χ0v) is 17.2. The summed E-state index contributed by atoms with van der Waals surface area (Å²) < 4.78 is 36.2. The van der Waals surface area contributed by atoms with Gasteiger partial charge in [0.15, 0.2) is 11.5 Å². The molecule has 1 aliphatic heterocycles. The molecule has 3 rings (SSSR count). The highest BCUT2D eigenvalue weighted by atomic mass is 32.2. The number of hydrogen-bond acceptors (Lipinski definition) is 5. The van der Waals surface area contributed by atoms with Crippen LogP contribution in [0.3, 0.4) is 0 Å². The number of carbonyl (C=O) groups is 1. The first-order chi connectivity index (χ1) is 13.8. The molecule has 0 saturated heterocycles. The Morgan fingerprint density at radius 3 is 2.45 bits per heavy atom. The van der Waals surface area contributed by atoms with Gasteiger partial charge in [0, 0.05) is 5.56 Å². The van der Waals surface area contributed by atoms with E-state index in [0.717, 1.165) is 11.8 Å². The van der Waals surface area contributed by atoms with Crippen LogP contribution in [0, 0.1) is 0 Å². The number of nitrogens with one attached hydrogen (secondary N) is 1. The molecule has 29 heavy (non-hydrogen) atoms. The molecule has 2 aromatic carbocycles. The molecule has 0 fully saturated rings. The number of benzene rings is 2. The third-order valence-electron chi connectivity index (χ3n) is 4.53. The minimum atomic E-state index is -3.44. The maximum atomic E-state index is 12.6. The van der Waals surface area contributed by atoms with Crippen LogP contribution >= 0.6 is 0 Å². The zero-order valence-electron chi connectivity index (χ0n) is 16.4. The van der Waals surface area contributed by atoms with E-state index in [4.69, 9.17) is 9.47 Å². The Morgan fingerprint density at radius 2 is 1.83 bits per heavy atom. The standard InChI is InChI=1S/C21H24N2O5S/c1-4-11-23(29(3,25)26)18-8-5-16(6-9-18)21(24)22-15(2)17-7-10-19-20(14-17)28-13-12-27-19/h4-10,14-15H,1,11-13H2,2-3H3,(H,22,24). The lowest BCUT2D eigenvalue weighted by Gasteiger charge is -2.22. The Hall–Kier alpha value is -3.00. The molecule has 1 aliphatic rings. The second kappa shape index (κ2) is 8.57. The fraction of sp³-hybridized carbons (Fsp3) is 0.286. The number of amides is 1. The van der Waals surface area contributed by atoms with Gasteiger partial charge in [-0.05, 0) is 48.9 Å². The number of ether oxygens (including phenoxy) is 2. The first kappa shape index (κ1) is 20.7. The molecule has 154 valence electrons. The summed E-state index contributed by atoms with van der Waals surface area (Å²) in [6.07, 6.45) is 2.64. The third kappa shape index (κ3) is 4.89. The van der Waals surface area contributed by atoms with Gasteiger partial charge >= 0.3 is 0 Å². The van der Waals surface area contributed by atoms with Crippen LogP contribution in [0.4, 0.5) is 5.69 Å². The van der Waals surface area contributed by atoms with Crippen molar-refractivity contribution in [2.75, 3.05) is 30.3 Å². The van der Waals surface area contributed by atoms with Crippen molar-refractivity contribution in [3.05, 3.63) is 66.2 Å². The normalized spacial score (nSPS) is 14.0. The Balaban J connectivity index is 1.71. The Labute approximate surface area is 171 Å². The third-order valence-corrected chi connectivity index (χ3v) is 5.69. The molecule has 2 aromatic rings. The number of hydrogen-bond donors (Lipinski definition) is 1. The monoisotopic (exact) mass is 416 g/mol. The van der Waals surface area contributed by atoms with Gasteiger partial charge in [0.1, 0.15) is 13.2 Å². The van der Waals surface area contributed by atoms with Crippen LogP contribution in [0.2, 0.25) is 0 Å². The van der Waals surface area contributed by atoms with Crippen molar-refractivity contribution < 1.29 is 22.7 Å². The van der Waals surface area contributed by atoms with Crippen LogP contribution in [0.15, 0.2) is 55.1 Å². The Kier molecular flexibility index (Phi) is 6.12. The SMILES string of the molecule is C=CCN(c1ccc(C(=O)NC(C)c2ccc3c(c2)OCCO3)cc1)S(C)(=O)=O. The molecule has 0 radical (unpaired) electrons. The van der Waals surface area contributed by atoms with Crippen molar-refractivity contribution in [1.29, 1.82) is 0 Å². The zero-order chi connectivity index (χ0) is 21.0. The summed E-state index contributed by atoms with van der Waals surface area (Å²) in [5.74, 6) is 1.11. The quantitative estimate of drug-likeness (QED) is 0.702. The van der Waals surface area contributed by atoms with Crippen LogP contribution in [0.5, 0.6) is 11.5 Å². The summed E-state index contributed by atoms with van der Waals surface area (Å²) in [5.41, 5.74) is 1.81. The number of anilines is 1. The molecular formula is C21H24N2O5S. The lowest BCUT2D eigenvalue weighted by Crippen LogP contribution is -2.30. The number of carbonyl (C=O) groups excluding carboxylic acids is 1. The van der Waals surface area contributed by atoms with E-state index >= 15 is 0 Å². The Morgan fingerprint density at radius 1 is 1.17 bits per heavy atom. The molecule has 0 aromatic heterocycles. The molecule has 0 aliphatic carbocycles. The second-order valence-corrected chi connectivity index (χ2v) is 8.63. The van der Waals surface area contributed by atoms with Gasteiger partial charge in [0.05, 0.1) is 24.5 Å². The Bertz CT molecular complexity index is 1000. The van der Waals surface area contributed by atoms with Crippen molar-refractivity contribution in [1.82, 2.24) is 5.32 Å². The van der Waals surface area contributed by atoms with Gasteiger partial charge in [-0.3, -0.25) is 9.10 Å². The predicted molar refractivity (Wildman–Crippen MR) is 112 cm³/mol. The maximum absolute atomic E-state index is 12.6. The topological polar surface area (TPSA) is 84.9 Å². The van der Waals surface area contributed by atoms with Crippen LogP contribution in [0.1, 0.15) is 28.9 Å². The van der Waals surface area contributed by atoms with Crippen LogP contribution < -0.4 is 19.1 Å². The van der Waals surface area contributed by atoms with Gasteiger partial charge in [-0.2, -0.15) is 0 Å². The smallest absolute Gasteiger partial charge is 0.251 e. The lowest BCUT2D eigenvalue weighted by atomic mass is 10.1. The molecule has 0 saturated carbocycles. The van der Waals surface area contributed by atoms with Crippen molar-refractivity contribution in [2.24, 2.45) is 0 Å². The largest absolute Gasteiger partial charge is 0.486 e. The minimum Gasteiger partial charge on any atom is -0.486 e. The highest BCUT2D eigenvalue weighted by Gasteiger charge is 2.18. The molecule has 1 N–H and O–H groups in total. The van der Waals surface area contributed by atoms with Gasteiger partial charge in [0.25, 0.3) is 5.91 Å². The van der Waals surface area contributed by atoms with E-state index in [1.165, 1.54) is 10.4 Å². The molecule has 1 amide bonds. The summed E-state index contributed by atoms with van der Waals surface area (Å²) in [6.45, 7) is 6.65. The molecule has 1 atom stereocenters. The van der Waals surface area contributed by atoms with Gasteiger partial charge < -0.3 is 14.8 Å². The summed E-state index contributed by atoms with van der Waals surface area (Å²) in [4.78, 5) is 12.6. The van der Waals surface area contributed by atoms with Gasteiger partial charge in [-0.25, -0.2) is 8.42 Å². The molecule has 7 nitrogen and oxygen atoms in total. The number of sulfonamides is 1. The highest BCUT2D eigenvalue weighted by Crippen LogP contribution is 2.32. The van der Waals surface area contributed by atoms with E-state index in [-0.39, 0.29) is 18.5 Å². The highest BCUT2D eigenvalue weighted by molar-refractivity contribution is 7.92. The summed E-state index contributed by atoms with van der Waals surface area (Å²) in [6, 6.07) is 11.8. The fourth-order valence-electron chi connectivity index (χ4n) is 3.02. The lowest BCUT2D eigenvalue weighted by molar-refractivity contribution is 0.0939. The average Bonchev–Trinajstić information content (AvgIpc) is 2.71. The van der Waals surface area contributed by atoms with E-state index in [2.05, 4.69) is 11.9 Å². The van der Waals surface area contributed by atoms with Crippen LogP contribution in [-0.2, 0) is 10.0 Å². The van der Waals surface area contributed by atoms with E-state index in [9.17, 15) is 13.2 Å². The van der Waals surface area contributed by atoms with Crippen molar-refractivity contribution in [3.8, 4) is 11.5 Å². The van der Waals surface area contributed by atoms with E-state index in [1.54, 1.807) is 24.3 Å². The number of fused-ring (bicyclic) bond motifs is 1. The van der Waals surface area contributed by atoms with Crippen molar-refractivity contribution in [3.63, 3.8) is 0 Å². The van der Waals surface area contributed by atoms with Gasteiger partial charge in [0.2, 0.25) is 10.0 Å². The second-order valence-electron chi connectivity index (χ2n) is 6.73. The molecule has 8 heteroatoms. The van der Waals surface area contributed by atoms with E-state index in [1.807, 2.05) is 25.1 Å². The molecule has 1 heterocycles. The molecule has 0 bridgehead atoms. The predicted octanol–water partition coefficient (Wildman–Crippen LogP) is 2.90. The minimum absolute atomic E-state index is 0.158. The van der Waals surface area contributed by atoms with Crippen LogP contribution in [0.25, 0.3) is 0 Å². The first-order valence-electron chi connectivity index (χ1n) is 9.18. The van der Waals surface area contributed by atoms with E-state index in [0.29, 0.717) is 36.0 Å². The summed E-state index contributed by atoms with van der Waals surface area (Å²) in [7, 11) is -3.44. The first-order valence-corrected chi connectivity index (χ1v) is 11.0. The van der Waals surface area contributed by atoms with Gasteiger partial charge in [-0.1, -0.05) is 12.1 Å². The van der Waals surface area contributed by atoms with E-state index < -0.39 is 10.0 Å². The average molecular weight is 416 g/mol. The molecule has 0 spiro atoms. The summed E-state index contributed by atoms with van der Waals surface area (Å²) in [5, 5.41) is 2.94. The number of nitrogens with zero attached hydrogens (tertiary/aromatic N) is 1. The number of rotatable bonds is 7. The summed E-state index contributed by atoms with van der Waals surface area (Å²) >= 11 is 0. The van der Waals surface area contributed by atoms with Crippen LogP contribution in [-0.4, -0.2) is 40.3 Å². The van der Waals surface area contributed by atoms with Crippen molar-refractivity contribution in [2.45, 2.75) is 13.0 Å². The maximum Gasteiger partial charge on any atom is 0.251 e. The van der Waals surface area contributed by atoms with Crippen molar-refractivity contribution >= 4 is 21.6 Å². The van der Waals surface area contributed by atoms with Gasteiger partial charge in [-0.15, -0.1) is 6.58 Å². The fourth-order valence-corrected chi connectivity index (χ4v) is 3.90. The molecular weight excluding hydrogens is 392 g/mol.